The number of amides is 1. The van der Waals surface area contributed by atoms with Gasteiger partial charge in [0.15, 0.2) is 17.2 Å². The van der Waals surface area contributed by atoms with Crippen LogP contribution in [0, 0.1) is 0 Å². The number of alkyl halides is 3. The lowest BCUT2D eigenvalue weighted by Gasteiger charge is -2.20. The van der Waals surface area contributed by atoms with Crippen molar-refractivity contribution in [1.29, 1.82) is 0 Å². The van der Waals surface area contributed by atoms with Crippen LogP contribution < -0.4 is 19.5 Å². The van der Waals surface area contributed by atoms with Crippen molar-refractivity contribution in [2.24, 2.45) is 0 Å². The minimum absolute atomic E-state index is 0.00133. The molecule has 142 valence electrons. The lowest BCUT2D eigenvalue weighted by atomic mass is 9.96. The molecule has 2 aromatic rings. The Hall–Kier alpha value is -3.16. The van der Waals surface area contributed by atoms with Crippen molar-refractivity contribution < 1.29 is 32.2 Å². The van der Waals surface area contributed by atoms with Gasteiger partial charge in [0.2, 0.25) is 12.7 Å². The van der Waals surface area contributed by atoms with Gasteiger partial charge in [-0.05, 0) is 42.8 Å². The Morgan fingerprint density at radius 1 is 1.26 bits per heavy atom. The van der Waals surface area contributed by atoms with E-state index in [1.54, 1.807) is 6.92 Å². The predicted molar refractivity (Wildman–Crippen MR) is 93.0 cm³/mol. The highest BCUT2D eigenvalue weighted by Crippen LogP contribution is 2.47. The van der Waals surface area contributed by atoms with Crippen molar-refractivity contribution >= 4 is 11.6 Å². The van der Waals surface area contributed by atoms with Crippen LogP contribution in [-0.2, 0) is 11.0 Å². The molecule has 1 aliphatic rings. The van der Waals surface area contributed by atoms with Crippen molar-refractivity contribution in [2.75, 3.05) is 18.7 Å². The summed E-state index contributed by atoms with van der Waals surface area (Å²) in [5.41, 5.74) is -0.738. The molecule has 0 fully saturated rings. The summed E-state index contributed by atoms with van der Waals surface area (Å²) in [6.45, 7) is 5.09. The van der Waals surface area contributed by atoms with E-state index in [2.05, 4.69) is 11.9 Å². The number of halogens is 3. The second kappa shape index (κ2) is 7.22. The summed E-state index contributed by atoms with van der Waals surface area (Å²) >= 11 is 0. The third-order valence-electron chi connectivity index (χ3n) is 3.86. The summed E-state index contributed by atoms with van der Waals surface area (Å²) in [4.78, 5) is 11.7. The van der Waals surface area contributed by atoms with Crippen molar-refractivity contribution in [3.63, 3.8) is 0 Å². The summed E-state index contributed by atoms with van der Waals surface area (Å²) in [5.74, 6) is 0.138. The average molecular weight is 379 g/mol. The summed E-state index contributed by atoms with van der Waals surface area (Å²) in [5, 5.41) is 2.48. The van der Waals surface area contributed by atoms with E-state index in [9.17, 15) is 18.0 Å². The molecule has 1 aliphatic heterocycles. The first-order chi connectivity index (χ1) is 12.8. The summed E-state index contributed by atoms with van der Waals surface area (Å²) in [7, 11) is 0. The van der Waals surface area contributed by atoms with Crippen molar-refractivity contribution in [3.8, 4) is 28.4 Å². The van der Waals surface area contributed by atoms with Crippen LogP contribution in [0.15, 0.2) is 43.0 Å². The number of nitrogens with one attached hydrogen (secondary N) is 1. The highest BCUT2D eigenvalue weighted by atomic mass is 19.4. The first kappa shape index (κ1) is 18.6. The van der Waals surface area contributed by atoms with Crippen LogP contribution in [-0.4, -0.2) is 19.3 Å². The molecule has 2 aromatic carbocycles. The largest absolute Gasteiger partial charge is 0.491 e. The molecule has 8 heteroatoms. The number of hydrogen-bond acceptors (Lipinski definition) is 4. The minimum Gasteiger partial charge on any atom is -0.491 e. The van der Waals surface area contributed by atoms with E-state index in [1.807, 2.05) is 0 Å². The highest BCUT2D eigenvalue weighted by Gasteiger charge is 2.36. The van der Waals surface area contributed by atoms with Gasteiger partial charge in [0.25, 0.3) is 0 Å². The maximum absolute atomic E-state index is 13.7. The van der Waals surface area contributed by atoms with Crippen LogP contribution in [0.1, 0.15) is 12.5 Å². The van der Waals surface area contributed by atoms with E-state index >= 15 is 0 Å². The van der Waals surface area contributed by atoms with E-state index in [0.29, 0.717) is 11.5 Å². The number of ether oxygens (including phenoxy) is 3. The molecule has 0 bridgehead atoms. The second-order valence-corrected chi connectivity index (χ2v) is 5.56. The third kappa shape index (κ3) is 3.69. The SMILES string of the molecule is C=CC(=O)Nc1ccc(C(F)(F)F)c(-c2ccc3c(c2)OCO3)c1OCC. The molecule has 0 spiro atoms. The smallest absolute Gasteiger partial charge is 0.417 e. The number of hydrogen-bond donors (Lipinski definition) is 1. The molecule has 0 saturated carbocycles. The molecular formula is C19H16F3NO4. The van der Waals surface area contributed by atoms with E-state index in [4.69, 9.17) is 14.2 Å². The second-order valence-electron chi connectivity index (χ2n) is 5.56. The Bertz CT molecular complexity index is 893. The molecule has 1 N–H and O–H groups in total. The van der Waals surface area contributed by atoms with E-state index in [0.717, 1.165) is 18.2 Å². The molecule has 0 atom stereocenters. The van der Waals surface area contributed by atoms with Gasteiger partial charge in [-0.1, -0.05) is 12.6 Å². The van der Waals surface area contributed by atoms with E-state index < -0.39 is 17.6 Å². The van der Waals surface area contributed by atoms with E-state index in [-0.39, 0.29) is 36.0 Å². The number of rotatable bonds is 5. The number of benzene rings is 2. The maximum atomic E-state index is 13.7. The van der Waals surface area contributed by atoms with Gasteiger partial charge in [0, 0.05) is 5.56 Å². The van der Waals surface area contributed by atoms with Crippen LogP contribution >= 0.6 is 0 Å². The van der Waals surface area contributed by atoms with Gasteiger partial charge in [-0.25, -0.2) is 0 Å². The quantitative estimate of drug-likeness (QED) is 0.770. The lowest BCUT2D eigenvalue weighted by molar-refractivity contribution is -0.137. The molecule has 1 heterocycles. The van der Waals surface area contributed by atoms with Crippen molar-refractivity contribution in [1.82, 2.24) is 0 Å². The van der Waals surface area contributed by atoms with Crippen molar-refractivity contribution in [2.45, 2.75) is 13.1 Å². The average Bonchev–Trinajstić information content (AvgIpc) is 3.09. The summed E-state index contributed by atoms with van der Waals surface area (Å²) in [6, 6.07) is 6.53. The predicted octanol–water partition coefficient (Wildman–Crippen LogP) is 4.62. The van der Waals surface area contributed by atoms with E-state index in [1.165, 1.54) is 18.2 Å². The fraction of sp³-hybridized carbons (Fsp3) is 0.211. The Morgan fingerprint density at radius 3 is 2.67 bits per heavy atom. The topological polar surface area (TPSA) is 56.8 Å². The summed E-state index contributed by atoms with van der Waals surface area (Å²) in [6.07, 6.45) is -3.60. The van der Waals surface area contributed by atoms with Gasteiger partial charge in [0.05, 0.1) is 17.9 Å². The van der Waals surface area contributed by atoms with Crippen LogP contribution in [0.5, 0.6) is 17.2 Å². The molecule has 1 amide bonds. The molecule has 0 saturated heterocycles. The van der Waals surface area contributed by atoms with Gasteiger partial charge < -0.3 is 19.5 Å². The fourth-order valence-electron chi connectivity index (χ4n) is 2.73. The highest BCUT2D eigenvalue weighted by molar-refractivity contribution is 6.01. The Morgan fingerprint density at radius 2 is 2.00 bits per heavy atom. The molecule has 0 aromatic heterocycles. The zero-order valence-electron chi connectivity index (χ0n) is 14.4. The zero-order chi connectivity index (χ0) is 19.6. The van der Waals surface area contributed by atoms with Crippen LogP contribution in [0.2, 0.25) is 0 Å². The molecule has 5 nitrogen and oxygen atoms in total. The first-order valence-corrected chi connectivity index (χ1v) is 8.05. The Kier molecular flexibility index (Phi) is 4.98. The number of fused-ring (bicyclic) bond motifs is 1. The monoisotopic (exact) mass is 379 g/mol. The molecule has 3 rings (SSSR count). The number of carbonyl (C=O) groups is 1. The molecule has 0 radical (unpaired) electrons. The zero-order valence-corrected chi connectivity index (χ0v) is 14.4. The van der Waals surface area contributed by atoms with Gasteiger partial charge >= 0.3 is 6.18 Å². The number of anilines is 1. The Labute approximate surface area is 153 Å². The van der Waals surface area contributed by atoms with Gasteiger partial charge in [0.1, 0.15) is 0 Å². The third-order valence-corrected chi connectivity index (χ3v) is 3.86. The number of carbonyl (C=O) groups excluding carboxylic acids is 1. The van der Waals surface area contributed by atoms with Crippen LogP contribution in [0.4, 0.5) is 18.9 Å². The molecule has 27 heavy (non-hydrogen) atoms. The molecule has 0 aliphatic carbocycles. The maximum Gasteiger partial charge on any atom is 0.417 e. The first-order valence-electron chi connectivity index (χ1n) is 8.05. The minimum atomic E-state index is -4.63. The Balaban J connectivity index is 2.25. The fourth-order valence-corrected chi connectivity index (χ4v) is 2.73. The van der Waals surface area contributed by atoms with Gasteiger partial charge in [-0.3, -0.25) is 4.79 Å². The molecular weight excluding hydrogens is 363 g/mol. The standard InChI is InChI=1S/C19H16F3NO4/c1-3-16(24)23-13-7-6-12(19(20,21)22)17(18(13)25-4-2)11-5-8-14-15(9-11)27-10-26-14/h3,5-9H,1,4,10H2,2H3,(H,23,24). The lowest BCUT2D eigenvalue weighted by Crippen LogP contribution is -2.13. The summed E-state index contributed by atoms with van der Waals surface area (Å²) < 4.78 is 57.0. The molecule has 0 unspecified atom stereocenters. The van der Waals surface area contributed by atoms with Crippen LogP contribution in [0.3, 0.4) is 0 Å². The van der Waals surface area contributed by atoms with Gasteiger partial charge in [-0.15, -0.1) is 0 Å². The van der Waals surface area contributed by atoms with Gasteiger partial charge in [-0.2, -0.15) is 13.2 Å². The van der Waals surface area contributed by atoms with Crippen molar-refractivity contribution in [3.05, 3.63) is 48.6 Å². The normalized spacial score (nSPS) is 12.6. The van der Waals surface area contributed by atoms with Crippen LogP contribution in [0.25, 0.3) is 11.1 Å².